The van der Waals surface area contributed by atoms with Gasteiger partial charge in [-0.15, -0.1) is 0 Å². The number of carbonyl (C=O) groups is 3. The van der Waals surface area contributed by atoms with Crippen molar-refractivity contribution in [2.45, 2.75) is 71.3 Å². The van der Waals surface area contributed by atoms with Crippen LogP contribution in [0.2, 0.25) is 0 Å². The van der Waals surface area contributed by atoms with E-state index in [-0.39, 0.29) is 38.0 Å². The molecule has 0 radical (unpaired) electrons. The zero-order chi connectivity index (χ0) is 25.6. The number of nitrogens with one attached hydrogen (secondary N) is 2. The van der Waals surface area contributed by atoms with E-state index >= 15 is 0 Å². The molecule has 3 heterocycles. The normalized spacial score (nSPS) is 16.0. The number of aromatic nitrogens is 3. The average molecular weight is 493 g/mol. The Morgan fingerprint density at radius 3 is 2.42 bits per heavy atom. The van der Waals surface area contributed by atoms with Crippen molar-refractivity contribution in [1.82, 2.24) is 15.2 Å². The van der Waals surface area contributed by atoms with Crippen molar-refractivity contribution >= 4 is 34.4 Å². The van der Waals surface area contributed by atoms with Gasteiger partial charge in [0.25, 0.3) is 0 Å². The second-order valence-electron chi connectivity index (χ2n) is 9.83. The maximum Gasteiger partial charge on any atom is 0.307 e. The molecule has 9 nitrogen and oxygen atoms in total. The number of esters is 2. The number of nitrogens with zero attached hydrogens (tertiary/aromatic N) is 2. The Hall–Kier alpha value is -3.62. The number of fused-ring (bicyclic) bond motifs is 6. The minimum absolute atomic E-state index is 0.170. The third-order valence-electron chi connectivity index (χ3n) is 7.29. The number of benzene rings is 1. The van der Waals surface area contributed by atoms with Crippen LogP contribution in [-0.4, -0.2) is 52.3 Å². The Morgan fingerprint density at radius 2 is 1.78 bits per heavy atom. The molecular formula is C27H32N4O5. The number of H-pyrrole nitrogens is 2. The van der Waals surface area contributed by atoms with Gasteiger partial charge >= 0.3 is 11.9 Å². The predicted octanol–water partition coefficient (Wildman–Crippen LogP) is 3.95. The van der Waals surface area contributed by atoms with E-state index in [1.54, 1.807) is 18.7 Å². The van der Waals surface area contributed by atoms with E-state index in [0.717, 1.165) is 47.2 Å². The van der Waals surface area contributed by atoms with E-state index in [1.165, 1.54) is 11.1 Å². The molecule has 0 fully saturated rings. The van der Waals surface area contributed by atoms with E-state index in [2.05, 4.69) is 15.2 Å². The van der Waals surface area contributed by atoms with Gasteiger partial charge in [-0.2, -0.15) is 5.10 Å². The number of rotatable bonds is 7. The van der Waals surface area contributed by atoms with Crippen LogP contribution in [0.3, 0.4) is 0 Å². The quantitative estimate of drug-likeness (QED) is 0.483. The molecule has 3 aromatic rings. The molecule has 9 heteroatoms. The van der Waals surface area contributed by atoms with Crippen LogP contribution in [0.5, 0.6) is 0 Å². The van der Waals surface area contributed by atoms with E-state index in [9.17, 15) is 14.4 Å². The van der Waals surface area contributed by atoms with Crippen molar-refractivity contribution in [2.75, 3.05) is 18.1 Å². The fraction of sp³-hybridized carbons (Fsp3) is 0.481. The maximum absolute atomic E-state index is 14.1. The van der Waals surface area contributed by atoms with Crippen LogP contribution in [0, 0.1) is 0 Å². The van der Waals surface area contributed by atoms with E-state index < -0.39 is 17.4 Å². The lowest BCUT2D eigenvalue weighted by molar-refractivity contribution is -0.151. The molecule has 0 bridgehead atoms. The molecule has 1 aliphatic heterocycles. The number of hydrogen-bond donors (Lipinski definition) is 2. The minimum Gasteiger partial charge on any atom is -0.466 e. The lowest BCUT2D eigenvalue weighted by atomic mass is 9.75. The SMILES string of the molecule is CCOC(=O)CC1(CC(=O)OCC)C(=O)N(C(C)C)c2cc3c4c([nH]c3cc21)-c1[nH]ncc1CCC4. The van der Waals surface area contributed by atoms with Crippen molar-refractivity contribution in [1.29, 1.82) is 0 Å². The number of amides is 1. The summed E-state index contributed by atoms with van der Waals surface area (Å²) in [6.45, 7) is 7.70. The second kappa shape index (κ2) is 9.11. The largest absolute Gasteiger partial charge is 0.466 e. The minimum atomic E-state index is -1.39. The summed E-state index contributed by atoms with van der Waals surface area (Å²) in [5.74, 6) is -1.31. The zero-order valence-electron chi connectivity index (χ0n) is 21.2. The number of aromatic amines is 2. The molecule has 36 heavy (non-hydrogen) atoms. The van der Waals surface area contributed by atoms with Crippen molar-refractivity contribution in [3.05, 3.63) is 35.0 Å². The summed E-state index contributed by atoms with van der Waals surface area (Å²) in [6.07, 6.45) is 4.24. The van der Waals surface area contributed by atoms with Crippen LogP contribution in [0.25, 0.3) is 22.3 Å². The third kappa shape index (κ3) is 3.68. The van der Waals surface area contributed by atoms with Gasteiger partial charge in [0.15, 0.2) is 0 Å². The summed E-state index contributed by atoms with van der Waals surface area (Å²) in [5, 5.41) is 8.41. The molecule has 0 atom stereocenters. The first kappa shape index (κ1) is 24.1. The summed E-state index contributed by atoms with van der Waals surface area (Å²) in [7, 11) is 0. The highest BCUT2D eigenvalue weighted by atomic mass is 16.5. The van der Waals surface area contributed by atoms with Crippen molar-refractivity contribution in [2.24, 2.45) is 0 Å². The van der Waals surface area contributed by atoms with Gasteiger partial charge in [-0.25, -0.2) is 0 Å². The monoisotopic (exact) mass is 492 g/mol. The Balaban J connectivity index is 1.74. The number of ether oxygens (including phenoxy) is 2. The average Bonchev–Trinajstić information content (AvgIpc) is 3.44. The molecule has 1 aliphatic carbocycles. The van der Waals surface area contributed by atoms with Crippen LogP contribution in [0.15, 0.2) is 18.3 Å². The maximum atomic E-state index is 14.1. The van der Waals surface area contributed by atoms with Crippen molar-refractivity contribution < 1.29 is 23.9 Å². The van der Waals surface area contributed by atoms with Crippen LogP contribution >= 0.6 is 0 Å². The van der Waals surface area contributed by atoms with Crippen LogP contribution in [-0.2, 0) is 42.1 Å². The van der Waals surface area contributed by atoms with Crippen molar-refractivity contribution in [3.63, 3.8) is 0 Å². The molecule has 0 unspecified atom stereocenters. The summed E-state index contributed by atoms with van der Waals surface area (Å²) in [5.41, 5.74) is 5.18. The molecule has 2 N–H and O–H groups in total. The number of carbonyl (C=O) groups excluding carboxylic acids is 3. The smallest absolute Gasteiger partial charge is 0.307 e. The van der Waals surface area contributed by atoms with E-state index in [4.69, 9.17) is 9.47 Å². The highest BCUT2D eigenvalue weighted by molar-refractivity contribution is 6.14. The number of aryl methyl sites for hydroxylation is 2. The molecule has 1 aromatic carbocycles. The Morgan fingerprint density at radius 1 is 1.08 bits per heavy atom. The van der Waals surface area contributed by atoms with Gasteiger partial charge in [-0.3, -0.25) is 19.5 Å². The molecule has 190 valence electrons. The first-order chi connectivity index (χ1) is 17.3. The second-order valence-corrected chi connectivity index (χ2v) is 9.83. The Kier molecular flexibility index (Phi) is 6.10. The van der Waals surface area contributed by atoms with Gasteiger partial charge in [0.05, 0.1) is 49.1 Å². The summed E-state index contributed by atoms with van der Waals surface area (Å²) >= 11 is 0. The van der Waals surface area contributed by atoms with Crippen LogP contribution < -0.4 is 4.90 Å². The molecular weight excluding hydrogens is 460 g/mol. The molecule has 2 aliphatic rings. The standard InChI is InChI=1S/C27H32N4O5/c1-5-35-22(32)12-27(13-23(33)36-6-2)19-11-20-18(10-21(19)31(15(3)4)26(27)34)17-9-7-8-16-14-28-30-24(16)25(17)29-20/h10-11,14-15,29H,5-9,12-13H2,1-4H3,(H,28,30). The lowest BCUT2D eigenvalue weighted by Crippen LogP contribution is -2.46. The molecule has 1 amide bonds. The van der Waals surface area contributed by atoms with Gasteiger partial charge in [0, 0.05) is 22.6 Å². The first-order valence-electron chi connectivity index (χ1n) is 12.7. The summed E-state index contributed by atoms with van der Waals surface area (Å²) in [6, 6.07) is 3.81. The van der Waals surface area contributed by atoms with E-state index in [1.807, 2.05) is 32.2 Å². The molecule has 0 saturated carbocycles. The highest BCUT2D eigenvalue weighted by Crippen LogP contribution is 2.50. The third-order valence-corrected chi connectivity index (χ3v) is 7.29. The van der Waals surface area contributed by atoms with Gasteiger partial charge < -0.3 is 19.4 Å². The topological polar surface area (TPSA) is 117 Å². The van der Waals surface area contributed by atoms with Crippen molar-refractivity contribution in [3.8, 4) is 11.4 Å². The number of hydrogen-bond acceptors (Lipinski definition) is 6. The van der Waals surface area contributed by atoms with Gasteiger partial charge in [0.1, 0.15) is 0 Å². The highest BCUT2D eigenvalue weighted by Gasteiger charge is 2.54. The predicted molar refractivity (Wildman–Crippen MR) is 135 cm³/mol. The molecule has 0 spiro atoms. The molecule has 0 saturated heterocycles. The van der Waals surface area contributed by atoms with Gasteiger partial charge in [-0.1, -0.05) is 0 Å². The Bertz CT molecular complexity index is 1330. The Labute approximate surface area is 209 Å². The van der Waals surface area contributed by atoms with Crippen LogP contribution in [0.1, 0.15) is 63.6 Å². The zero-order valence-corrected chi connectivity index (χ0v) is 21.2. The van der Waals surface area contributed by atoms with Gasteiger partial charge in [-0.05, 0) is 75.8 Å². The fourth-order valence-electron chi connectivity index (χ4n) is 5.80. The molecule has 2 aromatic heterocycles. The number of anilines is 1. The summed E-state index contributed by atoms with van der Waals surface area (Å²) in [4.78, 5) is 44.9. The van der Waals surface area contributed by atoms with Gasteiger partial charge in [0.2, 0.25) is 5.91 Å². The molecule has 5 rings (SSSR count). The summed E-state index contributed by atoms with van der Waals surface area (Å²) < 4.78 is 10.5. The fourth-order valence-corrected chi connectivity index (χ4v) is 5.80. The lowest BCUT2D eigenvalue weighted by Gasteiger charge is -2.28. The first-order valence-corrected chi connectivity index (χ1v) is 12.7. The van der Waals surface area contributed by atoms with Crippen LogP contribution in [0.4, 0.5) is 5.69 Å². The van der Waals surface area contributed by atoms with E-state index in [0.29, 0.717) is 5.56 Å².